The van der Waals surface area contributed by atoms with Crippen LogP contribution >= 0.6 is 0 Å². The topological polar surface area (TPSA) is 71.1 Å². The zero-order valence-electron chi connectivity index (χ0n) is 15.5. The van der Waals surface area contributed by atoms with Crippen LogP contribution in [0.3, 0.4) is 0 Å². The minimum absolute atomic E-state index is 0.0801. The van der Waals surface area contributed by atoms with Crippen LogP contribution in [0.5, 0.6) is 11.5 Å². The van der Waals surface area contributed by atoms with E-state index in [1.54, 1.807) is 30.2 Å². The number of carbonyl (C=O) groups is 2. The summed E-state index contributed by atoms with van der Waals surface area (Å²) in [5.41, 5.74) is 0.513. The summed E-state index contributed by atoms with van der Waals surface area (Å²) in [5.74, 6) is 1.93. The van der Waals surface area contributed by atoms with Gasteiger partial charge < -0.3 is 24.6 Å². The average molecular weight is 361 g/mol. The van der Waals surface area contributed by atoms with E-state index in [-0.39, 0.29) is 11.8 Å². The van der Waals surface area contributed by atoms with Gasteiger partial charge in [-0.1, -0.05) is 0 Å². The Hall–Kier alpha value is -2.28. The second-order valence-electron chi connectivity index (χ2n) is 6.81. The van der Waals surface area contributed by atoms with Crippen molar-refractivity contribution < 1.29 is 19.1 Å². The van der Waals surface area contributed by atoms with Gasteiger partial charge in [0.2, 0.25) is 5.91 Å². The summed E-state index contributed by atoms with van der Waals surface area (Å²) < 4.78 is 10.5. The molecule has 1 aliphatic heterocycles. The largest absolute Gasteiger partial charge is 0.497 e. The van der Waals surface area contributed by atoms with E-state index in [1.165, 1.54) is 20.0 Å². The molecule has 2 aliphatic rings. The fourth-order valence-corrected chi connectivity index (χ4v) is 3.12. The molecular weight excluding hydrogens is 334 g/mol. The number of ether oxygens (including phenoxy) is 2. The van der Waals surface area contributed by atoms with E-state index in [2.05, 4.69) is 5.32 Å². The molecule has 1 saturated carbocycles. The van der Waals surface area contributed by atoms with Crippen molar-refractivity contribution in [3.63, 3.8) is 0 Å². The Morgan fingerprint density at radius 1 is 1.08 bits per heavy atom. The maximum absolute atomic E-state index is 12.8. The number of hydrogen-bond donors (Lipinski definition) is 1. The quantitative estimate of drug-likeness (QED) is 0.784. The Balaban J connectivity index is 1.52. The van der Waals surface area contributed by atoms with Crippen LogP contribution in [0.4, 0.5) is 0 Å². The number of benzene rings is 1. The van der Waals surface area contributed by atoms with Crippen LogP contribution in [0.15, 0.2) is 18.2 Å². The zero-order chi connectivity index (χ0) is 18.5. The Kier molecular flexibility index (Phi) is 5.98. The molecule has 26 heavy (non-hydrogen) atoms. The molecule has 2 amide bonds. The molecule has 1 N–H and O–H groups in total. The summed E-state index contributed by atoms with van der Waals surface area (Å²) in [4.78, 5) is 28.6. The van der Waals surface area contributed by atoms with Gasteiger partial charge in [0.15, 0.2) is 0 Å². The smallest absolute Gasteiger partial charge is 0.257 e. The number of rotatable bonds is 7. The minimum Gasteiger partial charge on any atom is -0.497 e. The number of amides is 2. The van der Waals surface area contributed by atoms with Gasteiger partial charge in [0.05, 0.1) is 26.3 Å². The number of nitrogens with one attached hydrogen (secondary N) is 1. The summed E-state index contributed by atoms with van der Waals surface area (Å²) in [6, 6.07) is 5.18. The first kappa shape index (κ1) is 18.5. The van der Waals surface area contributed by atoms with Gasteiger partial charge >= 0.3 is 0 Å². The van der Waals surface area contributed by atoms with Crippen LogP contribution in [-0.4, -0.2) is 75.1 Å². The Labute approximate surface area is 154 Å². The Morgan fingerprint density at radius 2 is 1.77 bits per heavy atom. The monoisotopic (exact) mass is 361 g/mol. The molecule has 7 nitrogen and oxygen atoms in total. The highest BCUT2D eigenvalue weighted by molar-refractivity contribution is 5.97. The van der Waals surface area contributed by atoms with Crippen LogP contribution in [0, 0.1) is 5.92 Å². The van der Waals surface area contributed by atoms with Gasteiger partial charge in [-0.05, 0) is 37.4 Å². The highest BCUT2D eigenvalue weighted by Crippen LogP contribution is 2.27. The van der Waals surface area contributed by atoms with Crippen molar-refractivity contribution in [2.75, 3.05) is 53.5 Å². The van der Waals surface area contributed by atoms with Gasteiger partial charge in [-0.25, -0.2) is 0 Å². The highest BCUT2D eigenvalue weighted by Gasteiger charge is 2.27. The van der Waals surface area contributed by atoms with Crippen LogP contribution < -0.4 is 14.8 Å². The molecule has 3 rings (SSSR count). The molecule has 142 valence electrons. The number of nitrogens with zero attached hydrogens (tertiary/aromatic N) is 2. The number of carbonyl (C=O) groups excluding carboxylic acids is 2. The predicted octanol–water partition coefficient (Wildman–Crippen LogP) is 0.988. The molecule has 1 aromatic rings. The predicted molar refractivity (Wildman–Crippen MR) is 97.6 cm³/mol. The van der Waals surface area contributed by atoms with Crippen LogP contribution in [0.2, 0.25) is 0 Å². The van der Waals surface area contributed by atoms with Gasteiger partial charge in [0.1, 0.15) is 11.5 Å². The molecule has 0 radical (unpaired) electrons. The molecule has 7 heteroatoms. The summed E-state index contributed by atoms with van der Waals surface area (Å²) >= 11 is 0. The van der Waals surface area contributed by atoms with Crippen molar-refractivity contribution in [1.82, 2.24) is 15.1 Å². The summed E-state index contributed by atoms with van der Waals surface area (Å²) in [6.07, 6.45) is 2.55. The lowest BCUT2D eigenvalue weighted by molar-refractivity contribution is -0.131. The van der Waals surface area contributed by atoms with Gasteiger partial charge in [0.25, 0.3) is 5.91 Å². The molecule has 2 fully saturated rings. The fourth-order valence-electron chi connectivity index (χ4n) is 3.12. The lowest BCUT2D eigenvalue weighted by Gasteiger charge is -2.35. The average Bonchev–Trinajstić information content (AvgIpc) is 3.51. The maximum atomic E-state index is 12.8. The van der Waals surface area contributed by atoms with E-state index < -0.39 is 0 Å². The van der Waals surface area contributed by atoms with Gasteiger partial charge in [-0.2, -0.15) is 0 Å². The standard InChI is InChI=1S/C19H27N3O4/c1-25-15-5-6-16(17(11-15)26-2)19(24)22-9-7-21(8-10-22)18(23)13-20-12-14-3-4-14/h5-6,11,14,20H,3-4,7-10,12-13H2,1-2H3. The fraction of sp³-hybridized carbons (Fsp3) is 0.579. The molecule has 1 aliphatic carbocycles. The zero-order valence-corrected chi connectivity index (χ0v) is 15.5. The third kappa shape index (κ3) is 4.46. The molecule has 1 saturated heterocycles. The molecule has 1 heterocycles. The van der Waals surface area contributed by atoms with Gasteiger partial charge in [-0.15, -0.1) is 0 Å². The van der Waals surface area contributed by atoms with E-state index >= 15 is 0 Å². The Morgan fingerprint density at radius 3 is 2.38 bits per heavy atom. The lowest BCUT2D eigenvalue weighted by atomic mass is 10.1. The minimum atomic E-state index is -0.0801. The maximum Gasteiger partial charge on any atom is 0.257 e. The summed E-state index contributed by atoms with van der Waals surface area (Å²) in [5, 5.41) is 3.23. The van der Waals surface area contributed by atoms with E-state index in [9.17, 15) is 9.59 Å². The van der Waals surface area contributed by atoms with E-state index in [1.807, 2.05) is 4.90 Å². The van der Waals surface area contributed by atoms with Crippen molar-refractivity contribution in [3.05, 3.63) is 23.8 Å². The van der Waals surface area contributed by atoms with Crippen molar-refractivity contribution in [1.29, 1.82) is 0 Å². The van der Waals surface area contributed by atoms with E-state index in [4.69, 9.17) is 9.47 Å². The van der Waals surface area contributed by atoms with Gasteiger partial charge in [0, 0.05) is 32.2 Å². The highest BCUT2D eigenvalue weighted by atomic mass is 16.5. The lowest BCUT2D eigenvalue weighted by Crippen LogP contribution is -2.52. The second kappa shape index (κ2) is 8.40. The van der Waals surface area contributed by atoms with Crippen molar-refractivity contribution in [3.8, 4) is 11.5 Å². The summed E-state index contributed by atoms with van der Waals surface area (Å²) in [6.45, 7) is 3.51. The van der Waals surface area contributed by atoms with E-state index in [0.29, 0.717) is 49.8 Å². The molecule has 0 atom stereocenters. The Bertz CT molecular complexity index is 652. The van der Waals surface area contributed by atoms with Crippen LogP contribution in [0.25, 0.3) is 0 Å². The van der Waals surface area contributed by atoms with Crippen LogP contribution in [-0.2, 0) is 4.79 Å². The van der Waals surface area contributed by atoms with Crippen LogP contribution in [0.1, 0.15) is 23.2 Å². The molecule has 0 unspecified atom stereocenters. The molecule has 0 aromatic heterocycles. The number of piperazine rings is 1. The third-order valence-corrected chi connectivity index (χ3v) is 4.96. The molecular formula is C19H27N3O4. The van der Waals surface area contributed by atoms with E-state index in [0.717, 1.165) is 12.5 Å². The van der Waals surface area contributed by atoms with Gasteiger partial charge in [-0.3, -0.25) is 9.59 Å². The SMILES string of the molecule is COc1ccc(C(=O)N2CCN(C(=O)CNCC3CC3)CC2)c(OC)c1. The van der Waals surface area contributed by atoms with Crippen molar-refractivity contribution in [2.24, 2.45) is 5.92 Å². The second-order valence-corrected chi connectivity index (χ2v) is 6.81. The first-order valence-corrected chi connectivity index (χ1v) is 9.12. The third-order valence-electron chi connectivity index (χ3n) is 4.96. The summed E-state index contributed by atoms with van der Waals surface area (Å²) in [7, 11) is 3.11. The number of methoxy groups -OCH3 is 2. The first-order chi connectivity index (χ1) is 12.6. The molecule has 0 spiro atoms. The molecule has 1 aromatic carbocycles. The normalized spacial score (nSPS) is 17.2. The number of hydrogen-bond acceptors (Lipinski definition) is 5. The van der Waals surface area contributed by atoms with Crippen molar-refractivity contribution in [2.45, 2.75) is 12.8 Å². The first-order valence-electron chi connectivity index (χ1n) is 9.12. The van der Waals surface area contributed by atoms with Crippen molar-refractivity contribution >= 4 is 11.8 Å². The molecule has 0 bridgehead atoms.